The molecule has 0 unspecified atom stereocenters. The maximum Gasteiger partial charge on any atom is 0.197 e. The molecule has 0 atom stereocenters. The summed E-state index contributed by atoms with van der Waals surface area (Å²) in [5, 5.41) is 6.46. The standard InChI is InChI=1S/C45H33BN3/c1-45(2)36-22-10-11-25-39(36)47-43-33(20-13-23-37(43)45)35-27-31(48(29-15-5-3-6-16-29)30-17-7-4-8-18-30)28-41-42(35)46-38-24-14-21-34-32-19-9-12-26-40(32)49(41)44(34)38/h3-28,47H,1-2H3. The van der Waals surface area contributed by atoms with E-state index in [4.69, 9.17) is 0 Å². The summed E-state index contributed by atoms with van der Waals surface area (Å²) in [7, 11) is 2.41. The molecule has 3 heterocycles. The molecule has 2 aliphatic rings. The second-order valence-electron chi connectivity index (χ2n) is 13.7. The Kier molecular flexibility index (Phi) is 6.01. The van der Waals surface area contributed by atoms with Gasteiger partial charge in [-0.05, 0) is 70.7 Å². The first-order valence-electron chi connectivity index (χ1n) is 17.0. The first-order valence-corrected chi connectivity index (χ1v) is 17.0. The average Bonchev–Trinajstić information content (AvgIpc) is 3.49. The zero-order chi connectivity index (χ0) is 32.7. The van der Waals surface area contributed by atoms with E-state index in [9.17, 15) is 0 Å². The Labute approximate surface area is 287 Å². The van der Waals surface area contributed by atoms with Crippen molar-refractivity contribution in [3.05, 3.63) is 169 Å². The van der Waals surface area contributed by atoms with Crippen LogP contribution in [-0.2, 0) is 5.41 Å². The third kappa shape index (κ3) is 4.10. The molecule has 7 aromatic carbocycles. The highest BCUT2D eigenvalue weighted by molar-refractivity contribution is 6.73. The van der Waals surface area contributed by atoms with E-state index in [1.54, 1.807) is 0 Å². The van der Waals surface area contributed by atoms with Crippen LogP contribution >= 0.6 is 0 Å². The highest BCUT2D eigenvalue weighted by atomic mass is 15.1. The van der Waals surface area contributed by atoms with Crippen LogP contribution in [0.15, 0.2) is 158 Å². The zero-order valence-electron chi connectivity index (χ0n) is 27.5. The monoisotopic (exact) mass is 626 g/mol. The van der Waals surface area contributed by atoms with Gasteiger partial charge < -0.3 is 14.8 Å². The van der Waals surface area contributed by atoms with Gasteiger partial charge >= 0.3 is 0 Å². The Morgan fingerprint density at radius 2 is 1.22 bits per heavy atom. The smallest absolute Gasteiger partial charge is 0.197 e. The fourth-order valence-corrected chi connectivity index (χ4v) is 8.33. The van der Waals surface area contributed by atoms with Crippen LogP contribution in [-0.4, -0.2) is 11.8 Å². The molecule has 0 aliphatic carbocycles. The maximum absolute atomic E-state index is 3.91. The largest absolute Gasteiger partial charge is 0.355 e. The molecule has 0 bridgehead atoms. The van der Waals surface area contributed by atoms with Crippen molar-refractivity contribution < 1.29 is 0 Å². The fourth-order valence-electron chi connectivity index (χ4n) is 8.33. The molecule has 231 valence electrons. The topological polar surface area (TPSA) is 20.2 Å². The third-order valence-corrected chi connectivity index (χ3v) is 10.6. The fraction of sp³-hybridized carbons (Fsp3) is 0.0667. The molecule has 1 aromatic heterocycles. The Hall–Kier alpha value is -6.00. The molecule has 0 amide bonds. The van der Waals surface area contributed by atoms with Gasteiger partial charge in [0.2, 0.25) is 0 Å². The number of nitrogens with one attached hydrogen (secondary N) is 1. The van der Waals surface area contributed by atoms with E-state index in [1.807, 2.05) is 0 Å². The Balaban J connectivity index is 1.32. The van der Waals surface area contributed by atoms with Crippen LogP contribution in [0.5, 0.6) is 0 Å². The van der Waals surface area contributed by atoms with Crippen LogP contribution in [0.4, 0.5) is 28.4 Å². The quantitative estimate of drug-likeness (QED) is 0.196. The number of para-hydroxylation sites is 6. The van der Waals surface area contributed by atoms with Gasteiger partial charge in [-0.25, -0.2) is 0 Å². The summed E-state index contributed by atoms with van der Waals surface area (Å²) in [5.41, 5.74) is 16.6. The van der Waals surface area contributed by atoms with E-state index in [1.165, 1.54) is 72.0 Å². The number of hydrogen-bond donors (Lipinski definition) is 1. The average molecular weight is 627 g/mol. The second kappa shape index (κ2) is 10.5. The predicted octanol–water partition coefficient (Wildman–Crippen LogP) is 10.3. The summed E-state index contributed by atoms with van der Waals surface area (Å²) in [5.74, 6) is 0. The Bertz CT molecular complexity index is 2540. The van der Waals surface area contributed by atoms with E-state index in [0.717, 1.165) is 17.1 Å². The van der Waals surface area contributed by atoms with Crippen LogP contribution < -0.4 is 21.1 Å². The molecule has 0 saturated carbocycles. The number of benzene rings is 7. The van der Waals surface area contributed by atoms with Gasteiger partial charge in [0.15, 0.2) is 7.28 Å². The summed E-state index contributed by atoms with van der Waals surface area (Å²) in [6.45, 7) is 4.69. The van der Waals surface area contributed by atoms with E-state index in [0.29, 0.717) is 0 Å². The predicted molar refractivity (Wildman–Crippen MR) is 208 cm³/mol. The van der Waals surface area contributed by atoms with Crippen LogP contribution in [0, 0.1) is 0 Å². The number of anilines is 5. The molecular weight excluding hydrogens is 593 g/mol. The van der Waals surface area contributed by atoms with Gasteiger partial charge in [-0.1, -0.05) is 129 Å². The molecule has 2 aliphatic heterocycles. The molecule has 8 aromatic rings. The highest BCUT2D eigenvalue weighted by Gasteiger charge is 2.35. The van der Waals surface area contributed by atoms with Crippen molar-refractivity contribution in [3.8, 4) is 16.8 Å². The first-order chi connectivity index (χ1) is 24.1. The molecule has 0 fully saturated rings. The lowest BCUT2D eigenvalue weighted by Crippen LogP contribution is -2.37. The van der Waals surface area contributed by atoms with Crippen molar-refractivity contribution in [2.45, 2.75) is 19.3 Å². The molecule has 10 rings (SSSR count). The van der Waals surface area contributed by atoms with Gasteiger partial charge in [-0.15, -0.1) is 0 Å². The third-order valence-electron chi connectivity index (χ3n) is 10.6. The SMILES string of the molecule is CC1(C)c2ccccc2Nc2c(-c3cc(N(c4ccccc4)c4ccccc4)cc4c3[B]c3cccc5c6ccccc6n-4c35)cccc21. The summed E-state index contributed by atoms with van der Waals surface area (Å²) in [6, 6.07) is 57.3. The van der Waals surface area contributed by atoms with Gasteiger partial charge in [-0.2, -0.15) is 0 Å². The number of rotatable bonds is 4. The minimum absolute atomic E-state index is 0.163. The van der Waals surface area contributed by atoms with Gasteiger partial charge in [0.25, 0.3) is 0 Å². The van der Waals surface area contributed by atoms with Gasteiger partial charge in [-0.3, -0.25) is 0 Å². The van der Waals surface area contributed by atoms with Crippen molar-refractivity contribution in [3.63, 3.8) is 0 Å². The summed E-state index contributed by atoms with van der Waals surface area (Å²) >= 11 is 0. The maximum atomic E-state index is 3.91. The van der Waals surface area contributed by atoms with Crippen molar-refractivity contribution >= 4 is 68.4 Å². The molecular formula is C45H33BN3. The van der Waals surface area contributed by atoms with E-state index >= 15 is 0 Å². The second-order valence-corrected chi connectivity index (χ2v) is 13.7. The van der Waals surface area contributed by atoms with Crippen LogP contribution in [0.1, 0.15) is 25.0 Å². The molecule has 49 heavy (non-hydrogen) atoms. The summed E-state index contributed by atoms with van der Waals surface area (Å²) in [4.78, 5) is 2.38. The number of fused-ring (bicyclic) bond motifs is 7. The van der Waals surface area contributed by atoms with Crippen LogP contribution in [0.2, 0.25) is 0 Å². The highest BCUT2D eigenvalue weighted by Crippen LogP contribution is 2.49. The molecule has 4 heteroatoms. The lowest BCUT2D eigenvalue weighted by Gasteiger charge is -2.37. The minimum atomic E-state index is -0.163. The van der Waals surface area contributed by atoms with Crippen LogP contribution in [0.25, 0.3) is 38.6 Å². The van der Waals surface area contributed by atoms with Crippen molar-refractivity contribution in [1.29, 1.82) is 0 Å². The number of nitrogens with zero attached hydrogens (tertiary/aromatic N) is 2. The van der Waals surface area contributed by atoms with Crippen molar-refractivity contribution in [2.75, 3.05) is 10.2 Å². The molecule has 0 saturated heterocycles. The summed E-state index contributed by atoms with van der Waals surface area (Å²) < 4.78 is 2.50. The Morgan fingerprint density at radius 3 is 2.02 bits per heavy atom. The van der Waals surface area contributed by atoms with Gasteiger partial charge in [0, 0.05) is 55.7 Å². The minimum Gasteiger partial charge on any atom is -0.355 e. The number of hydrogen-bond acceptors (Lipinski definition) is 2. The normalized spacial score (nSPS) is 13.6. The first kappa shape index (κ1) is 28.1. The molecule has 3 nitrogen and oxygen atoms in total. The van der Waals surface area contributed by atoms with Crippen molar-refractivity contribution in [2.24, 2.45) is 0 Å². The van der Waals surface area contributed by atoms with E-state index < -0.39 is 0 Å². The molecule has 1 N–H and O–H groups in total. The van der Waals surface area contributed by atoms with E-state index in [-0.39, 0.29) is 5.41 Å². The number of aromatic nitrogens is 1. The van der Waals surface area contributed by atoms with E-state index in [2.05, 4.69) is 194 Å². The van der Waals surface area contributed by atoms with Crippen LogP contribution in [0.3, 0.4) is 0 Å². The molecule has 1 radical (unpaired) electrons. The zero-order valence-corrected chi connectivity index (χ0v) is 27.5. The van der Waals surface area contributed by atoms with Gasteiger partial charge in [0.05, 0.1) is 11.2 Å². The Morgan fingerprint density at radius 1 is 0.571 bits per heavy atom. The van der Waals surface area contributed by atoms with Crippen molar-refractivity contribution in [1.82, 2.24) is 4.57 Å². The van der Waals surface area contributed by atoms with Gasteiger partial charge in [0.1, 0.15) is 0 Å². The lowest BCUT2D eigenvalue weighted by molar-refractivity contribution is 0.638. The summed E-state index contributed by atoms with van der Waals surface area (Å²) in [6.07, 6.45) is 0. The lowest BCUT2D eigenvalue weighted by atomic mass is 9.58. The molecule has 0 spiro atoms.